The number of hydrogen-bond donors (Lipinski definition) is 0. The van der Waals surface area contributed by atoms with Gasteiger partial charge in [-0.15, -0.1) is 0 Å². The van der Waals surface area contributed by atoms with Gasteiger partial charge in [0.2, 0.25) is 0 Å². The van der Waals surface area contributed by atoms with E-state index in [1.54, 1.807) is 0 Å². The predicted octanol–water partition coefficient (Wildman–Crippen LogP) is 7.68. The molecule has 0 N–H and O–H groups in total. The molecular weight excluding hydrogens is 328 g/mol. The van der Waals surface area contributed by atoms with Gasteiger partial charge in [0.1, 0.15) is 6.54 Å². The molecule has 0 spiro atoms. The third kappa shape index (κ3) is 10.5. The van der Waals surface area contributed by atoms with Gasteiger partial charge in [-0.25, -0.2) is 4.99 Å². The molecule has 1 heterocycles. The van der Waals surface area contributed by atoms with Gasteiger partial charge in [0.05, 0.1) is 19.6 Å². The van der Waals surface area contributed by atoms with Crippen LogP contribution in [0.2, 0.25) is 0 Å². The van der Waals surface area contributed by atoms with Crippen LogP contribution in [0.5, 0.6) is 0 Å². The number of likely N-dealkylation sites (N-methyl/N-ethyl adjacent to an activating group) is 1. The molecule has 0 fully saturated rings. The minimum atomic E-state index is 1.06. The van der Waals surface area contributed by atoms with E-state index in [1.165, 1.54) is 126 Å². The first-order chi connectivity index (χ1) is 13.3. The van der Waals surface area contributed by atoms with Crippen molar-refractivity contribution in [1.82, 2.24) is 0 Å². The summed E-state index contributed by atoms with van der Waals surface area (Å²) in [5.41, 5.74) is 0. The van der Waals surface area contributed by atoms with Crippen molar-refractivity contribution in [2.75, 3.05) is 26.2 Å². The predicted molar refractivity (Wildman–Crippen MR) is 123 cm³/mol. The maximum atomic E-state index is 4.82. The van der Waals surface area contributed by atoms with Crippen molar-refractivity contribution in [3.8, 4) is 0 Å². The van der Waals surface area contributed by atoms with Crippen LogP contribution in [0.15, 0.2) is 17.1 Å². The van der Waals surface area contributed by atoms with Gasteiger partial charge in [0.25, 0.3) is 0 Å². The summed E-state index contributed by atoms with van der Waals surface area (Å²) in [5, 5.41) is 0. The lowest BCUT2D eigenvalue weighted by molar-refractivity contribution is -0.832. The molecule has 0 aromatic carbocycles. The molecule has 0 atom stereocenters. The topological polar surface area (TPSA) is 12.4 Å². The Kier molecular flexibility index (Phi) is 14.8. The lowest BCUT2D eigenvalue weighted by Crippen LogP contribution is -2.50. The third-order valence-corrected chi connectivity index (χ3v) is 6.49. The van der Waals surface area contributed by atoms with E-state index in [9.17, 15) is 0 Å². The van der Waals surface area contributed by atoms with Crippen LogP contribution in [0.4, 0.5) is 0 Å². The highest BCUT2D eigenvalue weighted by molar-refractivity contribution is 5.76. The quantitative estimate of drug-likeness (QED) is 0.132. The Morgan fingerprint density at radius 2 is 1.22 bits per heavy atom. The van der Waals surface area contributed by atoms with Crippen LogP contribution in [0.25, 0.3) is 0 Å². The SMILES string of the molecule is CCCCCCCCC=CCCCCCCCCC1=NCC[N+]1(CC)CC. The zero-order valence-corrected chi connectivity index (χ0v) is 19.0. The number of unbranched alkanes of at least 4 members (excludes halogenated alkanes) is 12. The Labute approximate surface area is 171 Å². The Morgan fingerprint density at radius 3 is 1.78 bits per heavy atom. The number of amidine groups is 1. The van der Waals surface area contributed by atoms with E-state index < -0.39 is 0 Å². The Balaban J connectivity index is 1.87. The van der Waals surface area contributed by atoms with Crippen LogP contribution in [0, 0.1) is 0 Å². The monoisotopic (exact) mass is 377 g/mol. The molecule has 158 valence electrons. The maximum absolute atomic E-state index is 4.82. The van der Waals surface area contributed by atoms with Gasteiger partial charge < -0.3 is 0 Å². The van der Waals surface area contributed by atoms with Gasteiger partial charge in [-0.1, -0.05) is 76.9 Å². The number of quaternary nitrogens is 1. The molecule has 0 aromatic rings. The lowest BCUT2D eigenvalue weighted by atomic mass is 10.1. The smallest absolute Gasteiger partial charge is 0.198 e. The van der Waals surface area contributed by atoms with Crippen LogP contribution >= 0.6 is 0 Å². The third-order valence-electron chi connectivity index (χ3n) is 6.49. The fraction of sp³-hybridized carbons (Fsp3) is 0.880. The van der Waals surface area contributed by atoms with Crippen LogP contribution < -0.4 is 0 Å². The number of nitrogens with zero attached hydrogens (tertiary/aromatic N) is 2. The summed E-state index contributed by atoms with van der Waals surface area (Å²) in [6.07, 6.45) is 25.5. The van der Waals surface area contributed by atoms with Gasteiger partial charge in [-0.05, 0) is 46.0 Å². The van der Waals surface area contributed by atoms with E-state index in [0.717, 1.165) is 6.54 Å². The molecule has 27 heavy (non-hydrogen) atoms. The van der Waals surface area contributed by atoms with Crippen molar-refractivity contribution in [2.24, 2.45) is 4.99 Å². The molecule has 0 bridgehead atoms. The van der Waals surface area contributed by atoms with Crippen molar-refractivity contribution in [2.45, 2.75) is 117 Å². The van der Waals surface area contributed by atoms with E-state index in [0.29, 0.717) is 0 Å². The second-order valence-corrected chi connectivity index (χ2v) is 8.49. The fourth-order valence-electron chi connectivity index (χ4n) is 4.40. The zero-order valence-electron chi connectivity index (χ0n) is 19.0. The first-order valence-corrected chi connectivity index (χ1v) is 12.3. The van der Waals surface area contributed by atoms with Crippen LogP contribution in [-0.4, -0.2) is 36.5 Å². The molecule has 0 saturated carbocycles. The molecule has 0 aromatic heterocycles. The van der Waals surface area contributed by atoms with Crippen LogP contribution in [-0.2, 0) is 0 Å². The Morgan fingerprint density at radius 1 is 0.704 bits per heavy atom. The molecule has 0 saturated heterocycles. The van der Waals surface area contributed by atoms with Crippen LogP contribution in [0.3, 0.4) is 0 Å². The molecule has 0 unspecified atom stereocenters. The number of aliphatic imine (C=N–C) groups is 1. The normalized spacial score (nSPS) is 16.3. The van der Waals surface area contributed by atoms with E-state index in [1.807, 2.05) is 0 Å². The van der Waals surface area contributed by atoms with E-state index in [2.05, 4.69) is 32.9 Å². The number of allylic oxidation sites excluding steroid dienone is 2. The van der Waals surface area contributed by atoms with Crippen molar-refractivity contribution in [3.05, 3.63) is 12.2 Å². The highest BCUT2D eigenvalue weighted by Crippen LogP contribution is 2.19. The zero-order chi connectivity index (χ0) is 19.6. The van der Waals surface area contributed by atoms with Crippen molar-refractivity contribution < 1.29 is 4.48 Å². The van der Waals surface area contributed by atoms with Gasteiger partial charge in [-0.3, -0.25) is 4.48 Å². The largest absolute Gasteiger partial charge is 0.278 e. The first kappa shape index (κ1) is 24.4. The number of hydrogen-bond acceptors (Lipinski definition) is 1. The molecule has 1 aliphatic rings. The number of rotatable bonds is 18. The van der Waals surface area contributed by atoms with E-state index >= 15 is 0 Å². The van der Waals surface area contributed by atoms with Gasteiger partial charge >= 0.3 is 0 Å². The van der Waals surface area contributed by atoms with E-state index in [4.69, 9.17) is 4.99 Å². The van der Waals surface area contributed by atoms with Gasteiger partial charge in [0.15, 0.2) is 5.84 Å². The van der Waals surface area contributed by atoms with Crippen LogP contribution in [0.1, 0.15) is 117 Å². The van der Waals surface area contributed by atoms with Gasteiger partial charge in [0, 0.05) is 6.42 Å². The second-order valence-electron chi connectivity index (χ2n) is 8.49. The Bertz CT molecular complexity index is 393. The summed E-state index contributed by atoms with van der Waals surface area (Å²) in [5.74, 6) is 1.50. The first-order valence-electron chi connectivity index (χ1n) is 12.3. The minimum Gasteiger partial charge on any atom is -0.278 e. The summed E-state index contributed by atoms with van der Waals surface area (Å²) in [4.78, 5) is 4.82. The molecule has 0 aliphatic carbocycles. The highest BCUT2D eigenvalue weighted by Gasteiger charge is 2.33. The molecule has 2 heteroatoms. The fourth-order valence-corrected chi connectivity index (χ4v) is 4.40. The molecule has 2 nitrogen and oxygen atoms in total. The molecule has 0 radical (unpaired) electrons. The lowest BCUT2D eigenvalue weighted by Gasteiger charge is -2.32. The summed E-state index contributed by atoms with van der Waals surface area (Å²) >= 11 is 0. The van der Waals surface area contributed by atoms with Crippen molar-refractivity contribution >= 4 is 5.84 Å². The van der Waals surface area contributed by atoms with Crippen molar-refractivity contribution in [3.63, 3.8) is 0 Å². The molecular formula is C25H49N2+. The minimum absolute atomic E-state index is 1.06. The summed E-state index contributed by atoms with van der Waals surface area (Å²) in [6.45, 7) is 11.7. The molecule has 1 aliphatic heterocycles. The van der Waals surface area contributed by atoms with Crippen molar-refractivity contribution in [1.29, 1.82) is 0 Å². The highest BCUT2D eigenvalue weighted by atomic mass is 15.4. The average molecular weight is 378 g/mol. The Hall–Kier alpha value is -0.630. The van der Waals surface area contributed by atoms with E-state index in [-0.39, 0.29) is 0 Å². The standard InChI is InChI=1S/C25H49N2/c1-4-7-8-9-10-11-12-13-14-15-16-17-18-19-20-21-22-25-26-23-24-27(25,5-2)6-3/h13-14H,4-12,15-24H2,1-3H3/q+1. The summed E-state index contributed by atoms with van der Waals surface area (Å²) < 4.78 is 1.17. The van der Waals surface area contributed by atoms with Gasteiger partial charge in [-0.2, -0.15) is 0 Å². The molecule has 1 rings (SSSR count). The second kappa shape index (κ2) is 16.3. The summed E-state index contributed by atoms with van der Waals surface area (Å²) in [7, 11) is 0. The summed E-state index contributed by atoms with van der Waals surface area (Å²) in [6, 6.07) is 0. The maximum Gasteiger partial charge on any atom is 0.198 e. The molecule has 0 amide bonds. The average Bonchev–Trinajstić information content (AvgIpc) is 3.11.